The summed E-state index contributed by atoms with van der Waals surface area (Å²) in [6, 6.07) is 13.1. The molecule has 116 valence electrons. The molecule has 0 bridgehead atoms. The summed E-state index contributed by atoms with van der Waals surface area (Å²) < 4.78 is 0. The van der Waals surface area contributed by atoms with E-state index in [1.54, 1.807) is 12.4 Å². The number of aromatic nitrogens is 4. The predicted molar refractivity (Wildman–Crippen MR) is 90.0 cm³/mol. The summed E-state index contributed by atoms with van der Waals surface area (Å²) in [5.41, 5.74) is 1.63. The summed E-state index contributed by atoms with van der Waals surface area (Å²) in [5.74, 6) is 0.546. The molecule has 0 saturated carbocycles. The molecule has 2 aromatic heterocycles. The summed E-state index contributed by atoms with van der Waals surface area (Å²) in [5, 5.41) is 10.1. The van der Waals surface area contributed by atoms with E-state index in [0.717, 1.165) is 11.3 Å². The minimum atomic E-state index is -0.312. The van der Waals surface area contributed by atoms with Gasteiger partial charge in [-0.1, -0.05) is 30.0 Å². The highest BCUT2D eigenvalue weighted by Crippen LogP contribution is 2.23. The Bertz CT molecular complexity index is 775. The summed E-state index contributed by atoms with van der Waals surface area (Å²) in [7, 11) is 0. The molecule has 23 heavy (non-hydrogen) atoms. The Morgan fingerprint density at radius 3 is 2.78 bits per heavy atom. The molecule has 0 saturated heterocycles. The number of carbonyl (C=O) groups is 1. The van der Waals surface area contributed by atoms with Crippen LogP contribution in [0.4, 0.5) is 5.69 Å². The number of hydrogen-bond donors (Lipinski definition) is 2. The maximum atomic E-state index is 12.2. The number of rotatable bonds is 5. The first-order valence-electron chi connectivity index (χ1n) is 7.08. The number of hydrogen-bond acceptors (Lipinski definition) is 5. The summed E-state index contributed by atoms with van der Waals surface area (Å²) in [6.07, 6.45) is 3.41. The number of carbonyl (C=O) groups excluding carboxylic acids is 1. The number of thioether (sulfide) groups is 1. The molecular weight excluding hydrogens is 310 g/mol. The highest BCUT2D eigenvalue weighted by Gasteiger charge is 2.17. The summed E-state index contributed by atoms with van der Waals surface area (Å²) in [6.45, 7) is 1.82. The van der Waals surface area contributed by atoms with Gasteiger partial charge in [-0.15, -0.1) is 5.10 Å². The molecule has 0 aliphatic heterocycles. The Labute approximate surface area is 137 Å². The van der Waals surface area contributed by atoms with Crippen molar-refractivity contribution in [3.63, 3.8) is 0 Å². The van der Waals surface area contributed by atoms with Crippen LogP contribution in [0.25, 0.3) is 11.4 Å². The van der Waals surface area contributed by atoms with Gasteiger partial charge in [-0.05, 0) is 31.2 Å². The third-order valence-electron chi connectivity index (χ3n) is 3.09. The SMILES string of the molecule is C[C@H](Sc1n[nH]c(-c2cccnc2)n1)C(=O)Nc1ccccc1. The van der Waals surface area contributed by atoms with Crippen molar-refractivity contribution in [2.45, 2.75) is 17.3 Å². The smallest absolute Gasteiger partial charge is 0.237 e. The van der Waals surface area contributed by atoms with E-state index in [1.165, 1.54) is 11.8 Å². The summed E-state index contributed by atoms with van der Waals surface area (Å²) in [4.78, 5) is 20.6. The average molecular weight is 325 g/mol. The lowest BCUT2D eigenvalue weighted by Gasteiger charge is -2.09. The average Bonchev–Trinajstić information content (AvgIpc) is 3.05. The second-order valence-electron chi connectivity index (χ2n) is 4.82. The monoisotopic (exact) mass is 325 g/mol. The van der Waals surface area contributed by atoms with Crippen LogP contribution in [-0.2, 0) is 4.79 Å². The van der Waals surface area contributed by atoms with Gasteiger partial charge in [-0.2, -0.15) is 0 Å². The molecule has 1 aromatic carbocycles. The summed E-state index contributed by atoms with van der Waals surface area (Å²) >= 11 is 1.30. The minimum Gasteiger partial charge on any atom is -0.325 e. The van der Waals surface area contributed by atoms with Gasteiger partial charge in [-0.25, -0.2) is 4.98 Å². The van der Waals surface area contributed by atoms with Gasteiger partial charge in [0.05, 0.1) is 5.25 Å². The third-order valence-corrected chi connectivity index (χ3v) is 4.05. The van der Waals surface area contributed by atoms with Gasteiger partial charge in [0.2, 0.25) is 11.1 Å². The first kappa shape index (κ1) is 15.2. The number of nitrogens with one attached hydrogen (secondary N) is 2. The van der Waals surface area contributed by atoms with Gasteiger partial charge < -0.3 is 5.32 Å². The van der Waals surface area contributed by atoms with Gasteiger partial charge in [0.25, 0.3) is 0 Å². The van der Waals surface area contributed by atoms with E-state index < -0.39 is 0 Å². The molecule has 1 amide bonds. The van der Waals surface area contributed by atoms with Crippen LogP contribution in [0, 0.1) is 0 Å². The molecule has 0 radical (unpaired) electrons. The molecular formula is C16H15N5OS. The number of H-pyrrole nitrogens is 1. The van der Waals surface area contributed by atoms with Crippen molar-refractivity contribution in [3.05, 3.63) is 54.9 Å². The van der Waals surface area contributed by atoms with Crippen LogP contribution < -0.4 is 5.32 Å². The lowest BCUT2D eigenvalue weighted by molar-refractivity contribution is -0.115. The van der Waals surface area contributed by atoms with Gasteiger partial charge in [0, 0.05) is 23.6 Å². The molecule has 0 fully saturated rings. The quantitative estimate of drug-likeness (QED) is 0.705. The number of aromatic amines is 1. The van der Waals surface area contributed by atoms with Crippen LogP contribution in [0.3, 0.4) is 0 Å². The van der Waals surface area contributed by atoms with Gasteiger partial charge in [0.1, 0.15) is 0 Å². The first-order chi connectivity index (χ1) is 11.2. The Hall–Kier alpha value is -2.67. The van der Waals surface area contributed by atoms with Crippen LogP contribution in [0.15, 0.2) is 60.0 Å². The minimum absolute atomic E-state index is 0.0890. The maximum Gasteiger partial charge on any atom is 0.237 e. The predicted octanol–water partition coefficient (Wildman–Crippen LogP) is 2.99. The van der Waals surface area contributed by atoms with E-state index in [1.807, 2.05) is 49.4 Å². The Morgan fingerprint density at radius 1 is 1.22 bits per heavy atom. The largest absolute Gasteiger partial charge is 0.325 e. The molecule has 1 atom stereocenters. The zero-order valence-corrected chi connectivity index (χ0v) is 13.2. The lowest BCUT2D eigenvalue weighted by Crippen LogP contribution is -2.22. The molecule has 2 N–H and O–H groups in total. The molecule has 0 aliphatic rings. The van der Waals surface area contributed by atoms with Gasteiger partial charge >= 0.3 is 0 Å². The van der Waals surface area contributed by atoms with Crippen LogP contribution in [0.5, 0.6) is 0 Å². The van der Waals surface area contributed by atoms with Crippen molar-refractivity contribution < 1.29 is 4.79 Å². The second-order valence-corrected chi connectivity index (χ2v) is 6.13. The van der Waals surface area contributed by atoms with Crippen LogP contribution >= 0.6 is 11.8 Å². The van der Waals surface area contributed by atoms with E-state index in [0.29, 0.717) is 11.0 Å². The Balaban J connectivity index is 1.63. The number of para-hydroxylation sites is 1. The van der Waals surface area contributed by atoms with E-state index in [-0.39, 0.29) is 11.2 Å². The van der Waals surface area contributed by atoms with E-state index in [2.05, 4.69) is 25.5 Å². The zero-order chi connectivity index (χ0) is 16.1. The number of nitrogens with zero attached hydrogens (tertiary/aromatic N) is 3. The number of anilines is 1. The van der Waals surface area contributed by atoms with Crippen molar-refractivity contribution in [1.29, 1.82) is 0 Å². The standard InChI is InChI=1S/C16H15N5OS/c1-11(15(22)18-13-7-3-2-4-8-13)23-16-19-14(20-21-16)12-6-5-9-17-10-12/h2-11H,1H3,(H,18,22)(H,19,20,21)/t11-/m0/s1. The molecule has 3 rings (SSSR count). The maximum absolute atomic E-state index is 12.2. The molecule has 0 unspecified atom stereocenters. The molecule has 0 spiro atoms. The zero-order valence-electron chi connectivity index (χ0n) is 12.4. The van der Waals surface area contributed by atoms with Crippen molar-refractivity contribution in [2.75, 3.05) is 5.32 Å². The first-order valence-corrected chi connectivity index (χ1v) is 7.96. The second kappa shape index (κ2) is 7.06. The van der Waals surface area contributed by atoms with Crippen molar-refractivity contribution in [2.24, 2.45) is 0 Å². The molecule has 7 heteroatoms. The van der Waals surface area contributed by atoms with E-state index in [9.17, 15) is 4.79 Å². The van der Waals surface area contributed by atoms with Crippen molar-refractivity contribution in [1.82, 2.24) is 20.2 Å². The van der Waals surface area contributed by atoms with E-state index in [4.69, 9.17) is 0 Å². The van der Waals surface area contributed by atoms with E-state index >= 15 is 0 Å². The highest BCUT2D eigenvalue weighted by molar-refractivity contribution is 8.00. The van der Waals surface area contributed by atoms with Crippen LogP contribution in [-0.4, -0.2) is 31.3 Å². The molecule has 2 heterocycles. The number of amides is 1. The normalized spacial score (nSPS) is 11.9. The van der Waals surface area contributed by atoms with Crippen molar-refractivity contribution in [3.8, 4) is 11.4 Å². The number of benzene rings is 1. The fourth-order valence-electron chi connectivity index (χ4n) is 1.91. The Morgan fingerprint density at radius 2 is 2.04 bits per heavy atom. The van der Waals surface area contributed by atoms with Crippen LogP contribution in [0.2, 0.25) is 0 Å². The Kier molecular flexibility index (Phi) is 4.68. The fraction of sp³-hybridized carbons (Fsp3) is 0.125. The molecule has 6 nitrogen and oxygen atoms in total. The lowest BCUT2D eigenvalue weighted by atomic mass is 10.3. The topological polar surface area (TPSA) is 83.6 Å². The van der Waals surface area contributed by atoms with Gasteiger partial charge in [-0.3, -0.25) is 14.9 Å². The van der Waals surface area contributed by atoms with Crippen LogP contribution in [0.1, 0.15) is 6.92 Å². The third kappa shape index (κ3) is 3.95. The molecule has 0 aliphatic carbocycles. The fourth-order valence-corrected chi connectivity index (χ4v) is 2.63. The highest BCUT2D eigenvalue weighted by atomic mass is 32.2. The van der Waals surface area contributed by atoms with Crippen molar-refractivity contribution >= 4 is 23.4 Å². The number of pyridine rings is 1. The van der Waals surface area contributed by atoms with Gasteiger partial charge in [0.15, 0.2) is 5.82 Å². The molecule has 3 aromatic rings.